The molecule has 0 atom stereocenters. The molecule has 0 aliphatic carbocycles. The van der Waals surface area contributed by atoms with Gasteiger partial charge >= 0.3 is 0 Å². The third-order valence-corrected chi connectivity index (χ3v) is 4.53. The summed E-state index contributed by atoms with van der Waals surface area (Å²) in [6, 6.07) is 0. The van der Waals surface area contributed by atoms with Gasteiger partial charge in [0.2, 0.25) is 5.91 Å². The monoisotopic (exact) mass is 478 g/mol. The summed E-state index contributed by atoms with van der Waals surface area (Å²) in [6.45, 7) is 9.00. The minimum atomic E-state index is 0. The minimum absolute atomic E-state index is 0. The maximum atomic E-state index is 12.5. The molecule has 0 bridgehead atoms. The number of nitrogens with one attached hydrogen (secondary N) is 1. The van der Waals surface area contributed by atoms with E-state index < -0.39 is 0 Å². The highest BCUT2D eigenvalue weighted by Crippen LogP contribution is 2.16. The van der Waals surface area contributed by atoms with Crippen LogP contribution in [0.25, 0.3) is 0 Å². The van der Waals surface area contributed by atoms with Crippen molar-refractivity contribution in [2.75, 3.05) is 49.1 Å². The number of carbonyl (C=O) groups excluding carboxylic acids is 1. The number of rotatable bonds is 7. The summed E-state index contributed by atoms with van der Waals surface area (Å²) < 4.78 is 1.71. The van der Waals surface area contributed by atoms with Gasteiger partial charge in [-0.1, -0.05) is 6.08 Å². The Kier molecular flexibility index (Phi) is 9.94. The highest BCUT2D eigenvalue weighted by molar-refractivity contribution is 14.0. The zero-order chi connectivity index (χ0) is 17.4. The van der Waals surface area contributed by atoms with Gasteiger partial charge in [0.25, 0.3) is 0 Å². The zero-order valence-corrected chi connectivity index (χ0v) is 18.0. The number of hydrogen-bond donors (Lipinski definition) is 1. The van der Waals surface area contributed by atoms with Gasteiger partial charge in [0.1, 0.15) is 6.54 Å². The van der Waals surface area contributed by atoms with Gasteiger partial charge in [-0.15, -0.1) is 30.6 Å². The van der Waals surface area contributed by atoms with Gasteiger partial charge in [0, 0.05) is 44.4 Å². The molecule has 1 aromatic rings. The largest absolute Gasteiger partial charge is 0.357 e. The number of thioether (sulfide) groups is 1. The molecule has 0 saturated carbocycles. The zero-order valence-electron chi connectivity index (χ0n) is 14.8. The van der Waals surface area contributed by atoms with E-state index in [1.54, 1.807) is 27.5 Å². The molecular weight excluding hydrogens is 451 g/mol. The van der Waals surface area contributed by atoms with E-state index in [-0.39, 0.29) is 29.9 Å². The Balaban J connectivity index is 0.00000312. The fraction of sp³-hybridized carbons (Fsp3) is 0.562. The molecule has 1 aliphatic heterocycles. The molecule has 0 unspecified atom stereocenters. The molecular formula is C16H27IN6OS. The van der Waals surface area contributed by atoms with Gasteiger partial charge in [0.15, 0.2) is 5.96 Å². The molecule has 1 saturated heterocycles. The number of aryl methyl sites for hydroxylation is 1. The van der Waals surface area contributed by atoms with Gasteiger partial charge in [-0.3, -0.25) is 14.5 Å². The van der Waals surface area contributed by atoms with Crippen molar-refractivity contribution < 1.29 is 4.79 Å². The first-order chi connectivity index (χ1) is 11.7. The molecule has 1 N–H and O–H groups in total. The summed E-state index contributed by atoms with van der Waals surface area (Å²) in [7, 11) is 1.85. The normalized spacial score (nSPS) is 15.1. The molecule has 1 fully saturated rings. The topological polar surface area (TPSA) is 65.8 Å². The second-order valence-electron chi connectivity index (χ2n) is 5.44. The van der Waals surface area contributed by atoms with E-state index in [4.69, 9.17) is 0 Å². The Morgan fingerprint density at radius 3 is 2.92 bits per heavy atom. The van der Waals surface area contributed by atoms with E-state index >= 15 is 0 Å². The van der Waals surface area contributed by atoms with Crippen LogP contribution in [-0.4, -0.2) is 70.8 Å². The summed E-state index contributed by atoms with van der Waals surface area (Å²) in [5.41, 5.74) is 0.852. The van der Waals surface area contributed by atoms with E-state index in [2.05, 4.69) is 22.0 Å². The third kappa shape index (κ3) is 6.53. The number of anilines is 1. The van der Waals surface area contributed by atoms with Crippen LogP contribution in [0.4, 0.5) is 5.69 Å². The number of nitrogens with zero attached hydrogens (tertiary/aromatic N) is 5. The van der Waals surface area contributed by atoms with Crippen LogP contribution in [0, 0.1) is 0 Å². The minimum Gasteiger partial charge on any atom is -0.357 e. The van der Waals surface area contributed by atoms with E-state index in [9.17, 15) is 4.79 Å². The molecule has 2 heterocycles. The lowest BCUT2D eigenvalue weighted by atomic mass is 10.3. The maximum Gasteiger partial charge on any atom is 0.246 e. The lowest BCUT2D eigenvalue weighted by Crippen LogP contribution is -2.55. The average Bonchev–Trinajstić information content (AvgIpc) is 2.99. The second kappa shape index (κ2) is 11.4. The number of aliphatic imine (C=N–C) groups is 1. The molecule has 9 heteroatoms. The first-order valence-electron chi connectivity index (χ1n) is 8.16. The molecule has 0 aromatic carbocycles. The van der Waals surface area contributed by atoms with Crippen LogP contribution in [0.1, 0.15) is 6.92 Å². The summed E-state index contributed by atoms with van der Waals surface area (Å²) >= 11 is 1.80. The smallest absolute Gasteiger partial charge is 0.246 e. The van der Waals surface area contributed by atoms with Crippen LogP contribution in [0.15, 0.2) is 30.0 Å². The Morgan fingerprint density at radius 1 is 1.52 bits per heavy atom. The summed E-state index contributed by atoms with van der Waals surface area (Å²) in [6.07, 6.45) is 5.49. The van der Waals surface area contributed by atoms with Crippen LogP contribution in [0.5, 0.6) is 0 Å². The third-order valence-electron chi connectivity index (χ3n) is 3.59. The number of hydrogen-bond acceptors (Lipinski definition) is 4. The van der Waals surface area contributed by atoms with Crippen molar-refractivity contribution in [3.63, 3.8) is 0 Å². The van der Waals surface area contributed by atoms with E-state index in [1.165, 1.54) is 0 Å². The van der Waals surface area contributed by atoms with Crippen molar-refractivity contribution in [2.24, 2.45) is 12.0 Å². The van der Waals surface area contributed by atoms with Crippen LogP contribution in [-0.2, 0) is 11.8 Å². The molecule has 25 heavy (non-hydrogen) atoms. The van der Waals surface area contributed by atoms with Crippen molar-refractivity contribution in [1.29, 1.82) is 0 Å². The van der Waals surface area contributed by atoms with Crippen LogP contribution < -0.4 is 10.2 Å². The van der Waals surface area contributed by atoms with Crippen LogP contribution in [0.3, 0.4) is 0 Å². The summed E-state index contributed by atoms with van der Waals surface area (Å²) in [5.74, 6) is 2.77. The lowest BCUT2D eigenvalue weighted by Gasteiger charge is -2.35. The number of guanidine groups is 1. The van der Waals surface area contributed by atoms with Crippen molar-refractivity contribution in [1.82, 2.24) is 20.0 Å². The fourth-order valence-electron chi connectivity index (χ4n) is 2.48. The molecule has 0 spiro atoms. The molecule has 1 aliphatic rings. The Hall–Kier alpha value is -1.23. The molecule has 0 radical (unpaired) electrons. The summed E-state index contributed by atoms with van der Waals surface area (Å²) in [5, 5.41) is 7.42. The number of aromatic nitrogens is 2. The lowest BCUT2D eigenvalue weighted by molar-refractivity contribution is -0.120. The second-order valence-corrected chi connectivity index (χ2v) is 6.59. The molecule has 1 aromatic heterocycles. The van der Waals surface area contributed by atoms with E-state index in [0.29, 0.717) is 13.1 Å². The standard InChI is InChI=1S/C16H26N6OS.HI/c1-4-9-24-10-6-18-16(17-5-2)21-7-8-22(15(23)13-21)14-11-19-20(3)12-14;/h4,11-12H,1,5-10,13H2,2-3H3,(H,17,18);1H. The predicted molar refractivity (Wildman–Crippen MR) is 116 cm³/mol. The Bertz CT molecular complexity index is 591. The van der Waals surface area contributed by atoms with Crippen molar-refractivity contribution in [3.05, 3.63) is 25.0 Å². The first-order valence-corrected chi connectivity index (χ1v) is 9.32. The number of carbonyl (C=O) groups is 1. The maximum absolute atomic E-state index is 12.5. The van der Waals surface area contributed by atoms with E-state index in [1.807, 2.05) is 31.1 Å². The van der Waals surface area contributed by atoms with Crippen molar-refractivity contribution in [3.8, 4) is 0 Å². The molecule has 140 valence electrons. The average molecular weight is 478 g/mol. The molecule has 1 amide bonds. The highest BCUT2D eigenvalue weighted by Gasteiger charge is 2.27. The van der Waals surface area contributed by atoms with Gasteiger partial charge in [0.05, 0.1) is 18.4 Å². The number of piperazine rings is 1. The first kappa shape index (κ1) is 21.8. The predicted octanol–water partition coefficient (Wildman–Crippen LogP) is 1.57. The summed E-state index contributed by atoms with van der Waals surface area (Å²) in [4.78, 5) is 20.9. The van der Waals surface area contributed by atoms with Crippen LogP contribution >= 0.6 is 35.7 Å². The van der Waals surface area contributed by atoms with Crippen molar-refractivity contribution in [2.45, 2.75) is 6.92 Å². The number of amides is 1. The SMILES string of the molecule is C=CCSCCN=C(NCC)N1CCN(c2cnn(C)c2)C(=O)C1.I. The Labute approximate surface area is 170 Å². The fourth-order valence-corrected chi connectivity index (χ4v) is 3.04. The highest BCUT2D eigenvalue weighted by atomic mass is 127. The van der Waals surface area contributed by atoms with E-state index in [0.717, 1.165) is 42.8 Å². The van der Waals surface area contributed by atoms with Gasteiger partial charge in [-0.2, -0.15) is 16.9 Å². The van der Waals surface area contributed by atoms with Gasteiger partial charge in [-0.05, 0) is 6.92 Å². The number of halogens is 1. The van der Waals surface area contributed by atoms with Gasteiger partial charge in [-0.25, -0.2) is 0 Å². The van der Waals surface area contributed by atoms with Gasteiger partial charge < -0.3 is 15.1 Å². The quantitative estimate of drug-likeness (QED) is 0.212. The van der Waals surface area contributed by atoms with Crippen LogP contribution in [0.2, 0.25) is 0 Å². The molecule has 7 nitrogen and oxygen atoms in total. The van der Waals surface area contributed by atoms with Crippen molar-refractivity contribution >= 4 is 53.3 Å². The molecule has 2 rings (SSSR count). The Morgan fingerprint density at radius 2 is 2.32 bits per heavy atom.